The van der Waals surface area contributed by atoms with Gasteiger partial charge in [-0.05, 0) is 35.9 Å². The number of nitrogens with one attached hydrogen (secondary N) is 1. The standard InChI is InChI=1S/C15H12F3NO2S2/c16-9-6-10(17)8-11(7-9)23(20,21)19-14-4-5-22-15-12(14)2-1-3-13(15)18/h1-3,6-8,14,19H,4-5H2/t14-/m0/s1. The second-order valence-electron chi connectivity index (χ2n) is 5.07. The normalized spacial score (nSPS) is 17.8. The predicted octanol–water partition coefficient (Wildman–Crippen LogP) is 3.62. The molecular weight excluding hydrogens is 347 g/mol. The summed E-state index contributed by atoms with van der Waals surface area (Å²) < 4.78 is 67.4. The summed E-state index contributed by atoms with van der Waals surface area (Å²) in [6, 6.07) is 5.90. The molecule has 23 heavy (non-hydrogen) atoms. The Hall–Kier alpha value is -1.51. The van der Waals surface area contributed by atoms with Gasteiger partial charge in [-0.1, -0.05) is 12.1 Å². The number of rotatable bonds is 3. The van der Waals surface area contributed by atoms with Gasteiger partial charge in [0.25, 0.3) is 0 Å². The summed E-state index contributed by atoms with van der Waals surface area (Å²) >= 11 is 1.32. The fourth-order valence-electron chi connectivity index (χ4n) is 2.45. The minimum atomic E-state index is -4.12. The van der Waals surface area contributed by atoms with E-state index in [0.717, 1.165) is 12.1 Å². The van der Waals surface area contributed by atoms with E-state index < -0.39 is 38.4 Å². The number of hydrogen-bond acceptors (Lipinski definition) is 3. The van der Waals surface area contributed by atoms with Gasteiger partial charge in [0.1, 0.15) is 17.5 Å². The molecule has 0 radical (unpaired) electrons. The van der Waals surface area contributed by atoms with Gasteiger partial charge < -0.3 is 0 Å². The minimum Gasteiger partial charge on any atom is -0.207 e. The van der Waals surface area contributed by atoms with Crippen LogP contribution in [0.2, 0.25) is 0 Å². The number of hydrogen-bond donors (Lipinski definition) is 1. The van der Waals surface area contributed by atoms with E-state index in [-0.39, 0.29) is 0 Å². The maximum Gasteiger partial charge on any atom is 0.241 e. The lowest BCUT2D eigenvalue weighted by molar-refractivity contribution is 0.529. The van der Waals surface area contributed by atoms with Gasteiger partial charge in [0, 0.05) is 17.0 Å². The number of halogens is 3. The molecule has 0 aromatic heterocycles. The fourth-order valence-corrected chi connectivity index (χ4v) is 4.88. The van der Waals surface area contributed by atoms with E-state index in [1.165, 1.54) is 23.9 Å². The van der Waals surface area contributed by atoms with Crippen LogP contribution in [0.5, 0.6) is 0 Å². The molecule has 1 atom stereocenters. The lowest BCUT2D eigenvalue weighted by Crippen LogP contribution is -2.31. The SMILES string of the molecule is O=S(=O)(N[C@H]1CCSc2c(F)cccc21)c1cc(F)cc(F)c1. The van der Waals surface area contributed by atoms with Crippen molar-refractivity contribution < 1.29 is 21.6 Å². The molecule has 2 aromatic carbocycles. The van der Waals surface area contributed by atoms with Crippen molar-refractivity contribution in [2.75, 3.05) is 5.75 Å². The van der Waals surface area contributed by atoms with Crippen molar-refractivity contribution in [3.63, 3.8) is 0 Å². The Labute approximate surface area is 136 Å². The Balaban J connectivity index is 1.95. The average molecular weight is 359 g/mol. The monoisotopic (exact) mass is 359 g/mol. The van der Waals surface area contributed by atoms with Crippen molar-refractivity contribution in [1.82, 2.24) is 4.72 Å². The van der Waals surface area contributed by atoms with Gasteiger partial charge in [-0.2, -0.15) is 0 Å². The zero-order chi connectivity index (χ0) is 16.6. The van der Waals surface area contributed by atoms with Gasteiger partial charge in [0.15, 0.2) is 0 Å². The summed E-state index contributed by atoms with van der Waals surface area (Å²) in [6.07, 6.45) is 0.456. The second-order valence-corrected chi connectivity index (χ2v) is 7.89. The zero-order valence-corrected chi connectivity index (χ0v) is 13.4. The van der Waals surface area contributed by atoms with Crippen LogP contribution in [0.25, 0.3) is 0 Å². The largest absolute Gasteiger partial charge is 0.241 e. The summed E-state index contributed by atoms with van der Waals surface area (Å²) in [7, 11) is -4.12. The summed E-state index contributed by atoms with van der Waals surface area (Å²) in [5, 5.41) is 0. The van der Waals surface area contributed by atoms with Crippen molar-refractivity contribution in [2.24, 2.45) is 0 Å². The maximum atomic E-state index is 13.8. The molecule has 1 N–H and O–H groups in total. The molecule has 1 aliphatic rings. The van der Waals surface area contributed by atoms with Crippen LogP contribution in [0.1, 0.15) is 18.0 Å². The van der Waals surface area contributed by atoms with Gasteiger partial charge in [0.05, 0.1) is 4.90 Å². The van der Waals surface area contributed by atoms with Crippen molar-refractivity contribution >= 4 is 21.8 Å². The highest BCUT2D eigenvalue weighted by Gasteiger charge is 2.28. The van der Waals surface area contributed by atoms with Crippen molar-refractivity contribution in [2.45, 2.75) is 22.3 Å². The highest BCUT2D eigenvalue weighted by Crippen LogP contribution is 2.38. The van der Waals surface area contributed by atoms with Gasteiger partial charge in [-0.3, -0.25) is 0 Å². The Kier molecular flexibility index (Phi) is 4.39. The average Bonchev–Trinajstić information content (AvgIpc) is 2.47. The van der Waals surface area contributed by atoms with E-state index in [4.69, 9.17) is 0 Å². The van der Waals surface area contributed by atoms with Crippen LogP contribution in [-0.2, 0) is 10.0 Å². The minimum absolute atomic E-state index is 0.400. The number of fused-ring (bicyclic) bond motifs is 1. The molecule has 1 aliphatic heterocycles. The highest BCUT2D eigenvalue weighted by atomic mass is 32.2. The molecule has 3 nitrogen and oxygen atoms in total. The Bertz CT molecular complexity index is 836. The molecule has 0 saturated carbocycles. The second kappa shape index (κ2) is 6.18. The van der Waals surface area contributed by atoms with Gasteiger partial charge >= 0.3 is 0 Å². The van der Waals surface area contributed by atoms with E-state index in [9.17, 15) is 21.6 Å². The smallest absolute Gasteiger partial charge is 0.207 e. The molecule has 0 fully saturated rings. The first-order valence-corrected chi connectivity index (χ1v) is 9.23. The predicted molar refractivity (Wildman–Crippen MR) is 81.2 cm³/mol. The number of thioether (sulfide) groups is 1. The molecule has 2 aromatic rings. The molecule has 3 rings (SSSR count). The molecule has 0 bridgehead atoms. The van der Waals surface area contributed by atoms with Crippen LogP contribution in [0, 0.1) is 17.5 Å². The Morgan fingerprint density at radius 1 is 1.09 bits per heavy atom. The first kappa shape index (κ1) is 16.4. The van der Waals surface area contributed by atoms with E-state index in [1.54, 1.807) is 6.07 Å². The quantitative estimate of drug-likeness (QED) is 0.911. The van der Waals surface area contributed by atoms with E-state index >= 15 is 0 Å². The van der Waals surface area contributed by atoms with Crippen molar-refractivity contribution in [1.29, 1.82) is 0 Å². The molecule has 122 valence electrons. The van der Waals surface area contributed by atoms with Gasteiger partial charge in [0.2, 0.25) is 10.0 Å². The van der Waals surface area contributed by atoms with Gasteiger partial charge in [-0.15, -0.1) is 11.8 Å². The van der Waals surface area contributed by atoms with Gasteiger partial charge in [-0.25, -0.2) is 26.3 Å². The summed E-state index contributed by atoms with van der Waals surface area (Å²) in [4.78, 5) is -0.0944. The number of sulfonamides is 1. The maximum absolute atomic E-state index is 13.8. The number of benzene rings is 2. The van der Waals surface area contributed by atoms with Crippen LogP contribution in [-0.4, -0.2) is 14.2 Å². The highest BCUT2D eigenvalue weighted by molar-refractivity contribution is 7.99. The molecule has 0 spiro atoms. The Morgan fingerprint density at radius 3 is 2.48 bits per heavy atom. The molecule has 1 heterocycles. The first-order chi connectivity index (χ1) is 10.9. The van der Waals surface area contributed by atoms with Crippen LogP contribution in [0.3, 0.4) is 0 Å². The third-order valence-corrected chi connectivity index (χ3v) is 6.08. The molecule has 0 amide bonds. The summed E-state index contributed by atoms with van der Waals surface area (Å²) in [6.45, 7) is 0. The van der Waals surface area contributed by atoms with Crippen molar-refractivity contribution in [3.05, 3.63) is 59.4 Å². The van der Waals surface area contributed by atoms with E-state index in [0.29, 0.717) is 28.7 Å². The third kappa shape index (κ3) is 3.39. The van der Waals surface area contributed by atoms with E-state index in [1.807, 2.05) is 0 Å². The first-order valence-electron chi connectivity index (χ1n) is 6.76. The zero-order valence-electron chi connectivity index (χ0n) is 11.7. The third-order valence-electron chi connectivity index (χ3n) is 3.47. The molecule has 0 saturated heterocycles. The van der Waals surface area contributed by atoms with Crippen LogP contribution in [0.4, 0.5) is 13.2 Å². The topological polar surface area (TPSA) is 46.2 Å². The van der Waals surface area contributed by atoms with E-state index in [2.05, 4.69) is 4.72 Å². The molecule has 0 unspecified atom stereocenters. The Morgan fingerprint density at radius 2 is 1.78 bits per heavy atom. The lowest BCUT2D eigenvalue weighted by Gasteiger charge is -2.26. The molecule has 8 heteroatoms. The molecule has 0 aliphatic carbocycles. The lowest BCUT2D eigenvalue weighted by atomic mass is 10.0. The molecular formula is C15H12F3NO2S2. The van der Waals surface area contributed by atoms with Crippen LogP contribution in [0.15, 0.2) is 46.2 Å². The van der Waals surface area contributed by atoms with Crippen molar-refractivity contribution in [3.8, 4) is 0 Å². The summed E-state index contributed by atoms with van der Waals surface area (Å²) in [5.41, 5.74) is 0.529. The van der Waals surface area contributed by atoms with Crippen LogP contribution < -0.4 is 4.72 Å². The fraction of sp³-hybridized carbons (Fsp3) is 0.200. The summed E-state index contributed by atoms with van der Waals surface area (Å²) in [5.74, 6) is -1.82. The van der Waals surface area contributed by atoms with Crippen LogP contribution >= 0.6 is 11.8 Å².